The standard InChI is InChI=1S/C18H35NO/c1-4-7-15-10-11-18(20)16(12-15)13-19(3)17-9-6-5-8-14(17)2/h14-18,20H,4-13H2,1-3H3. The number of hydrogen-bond donors (Lipinski definition) is 1. The highest BCUT2D eigenvalue weighted by Crippen LogP contribution is 2.34. The Labute approximate surface area is 125 Å². The largest absolute Gasteiger partial charge is 0.393 e. The van der Waals surface area contributed by atoms with E-state index >= 15 is 0 Å². The molecule has 2 nitrogen and oxygen atoms in total. The molecule has 2 rings (SSSR count). The molecule has 5 atom stereocenters. The SMILES string of the molecule is CCCC1CCC(O)C(CN(C)C2CCCCC2C)C1. The predicted octanol–water partition coefficient (Wildman–Crippen LogP) is 4.07. The summed E-state index contributed by atoms with van der Waals surface area (Å²) in [7, 11) is 2.29. The van der Waals surface area contributed by atoms with Gasteiger partial charge in [0.25, 0.3) is 0 Å². The minimum atomic E-state index is -0.0514. The average molecular weight is 281 g/mol. The van der Waals surface area contributed by atoms with E-state index in [9.17, 15) is 5.11 Å². The molecule has 0 aromatic carbocycles. The molecular formula is C18H35NO. The van der Waals surface area contributed by atoms with Crippen molar-refractivity contribution in [2.75, 3.05) is 13.6 Å². The fourth-order valence-corrected chi connectivity index (χ4v) is 4.67. The van der Waals surface area contributed by atoms with Crippen molar-refractivity contribution in [1.82, 2.24) is 4.90 Å². The van der Waals surface area contributed by atoms with Crippen LogP contribution in [-0.4, -0.2) is 35.7 Å². The maximum absolute atomic E-state index is 10.3. The summed E-state index contributed by atoms with van der Waals surface area (Å²) in [5.74, 6) is 2.21. The summed E-state index contributed by atoms with van der Waals surface area (Å²) in [4.78, 5) is 2.58. The lowest BCUT2D eigenvalue weighted by molar-refractivity contribution is 0.0137. The van der Waals surface area contributed by atoms with Crippen molar-refractivity contribution in [1.29, 1.82) is 0 Å². The molecule has 0 heterocycles. The monoisotopic (exact) mass is 281 g/mol. The maximum Gasteiger partial charge on any atom is 0.0580 e. The lowest BCUT2D eigenvalue weighted by Gasteiger charge is -2.41. The van der Waals surface area contributed by atoms with Gasteiger partial charge < -0.3 is 10.0 Å². The molecule has 0 aromatic rings. The first-order valence-corrected chi connectivity index (χ1v) is 9.00. The Hall–Kier alpha value is -0.0800. The van der Waals surface area contributed by atoms with Crippen LogP contribution in [0, 0.1) is 17.8 Å². The quantitative estimate of drug-likeness (QED) is 0.821. The molecule has 0 saturated heterocycles. The molecule has 0 spiro atoms. The molecule has 0 aliphatic heterocycles. The molecule has 0 aromatic heterocycles. The van der Waals surface area contributed by atoms with Gasteiger partial charge in [0.15, 0.2) is 0 Å². The molecule has 2 aliphatic carbocycles. The van der Waals surface area contributed by atoms with Crippen LogP contribution in [0.25, 0.3) is 0 Å². The van der Waals surface area contributed by atoms with Gasteiger partial charge >= 0.3 is 0 Å². The molecule has 0 bridgehead atoms. The summed E-state index contributed by atoms with van der Waals surface area (Å²) >= 11 is 0. The van der Waals surface area contributed by atoms with Gasteiger partial charge in [-0.1, -0.05) is 39.5 Å². The highest BCUT2D eigenvalue weighted by atomic mass is 16.3. The van der Waals surface area contributed by atoms with Gasteiger partial charge in [0.2, 0.25) is 0 Å². The molecule has 0 radical (unpaired) electrons. The summed E-state index contributed by atoms with van der Waals surface area (Å²) in [6, 6.07) is 0.752. The van der Waals surface area contributed by atoms with Gasteiger partial charge in [-0.2, -0.15) is 0 Å². The highest BCUT2D eigenvalue weighted by molar-refractivity contribution is 4.85. The first kappa shape index (κ1) is 16.3. The van der Waals surface area contributed by atoms with Crippen LogP contribution in [0.2, 0.25) is 0 Å². The van der Waals surface area contributed by atoms with Crippen LogP contribution in [0.3, 0.4) is 0 Å². The number of aliphatic hydroxyl groups excluding tert-OH is 1. The average Bonchev–Trinajstić information content (AvgIpc) is 2.43. The summed E-state index contributed by atoms with van der Waals surface area (Å²) in [6.07, 6.45) is 11.7. The summed E-state index contributed by atoms with van der Waals surface area (Å²) in [6.45, 7) is 5.81. The molecule has 2 aliphatic rings. The number of hydrogen-bond acceptors (Lipinski definition) is 2. The minimum absolute atomic E-state index is 0.0514. The molecule has 5 unspecified atom stereocenters. The Balaban J connectivity index is 1.86. The van der Waals surface area contributed by atoms with Crippen LogP contribution >= 0.6 is 0 Å². The summed E-state index contributed by atoms with van der Waals surface area (Å²) < 4.78 is 0. The molecule has 118 valence electrons. The molecule has 0 amide bonds. The second-order valence-corrected chi connectivity index (χ2v) is 7.56. The second kappa shape index (κ2) is 7.79. The zero-order chi connectivity index (χ0) is 14.5. The van der Waals surface area contributed by atoms with Crippen molar-refractivity contribution in [3.8, 4) is 0 Å². The van der Waals surface area contributed by atoms with E-state index in [0.717, 1.165) is 30.8 Å². The first-order valence-electron chi connectivity index (χ1n) is 9.00. The van der Waals surface area contributed by atoms with Gasteiger partial charge in [-0.05, 0) is 56.9 Å². The van der Waals surface area contributed by atoms with Crippen molar-refractivity contribution in [3.63, 3.8) is 0 Å². The van der Waals surface area contributed by atoms with Gasteiger partial charge in [-0.25, -0.2) is 0 Å². The predicted molar refractivity (Wildman–Crippen MR) is 85.8 cm³/mol. The Morgan fingerprint density at radius 1 is 1.10 bits per heavy atom. The van der Waals surface area contributed by atoms with Crippen LogP contribution < -0.4 is 0 Å². The van der Waals surface area contributed by atoms with Crippen LogP contribution in [-0.2, 0) is 0 Å². The summed E-state index contributed by atoms with van der Waals surface area (Å²) in [5, 5.41) is 10.3. The second-order valence-electron chi connectivity index (χ2n) is 7.56. The fourth-order valence-electron chi connectivity index (χ4n) is 4.67. The van der Waals surface area contributed by atoms with E-state index in [1.54, 1.807) is 0 Å². The van der Waals surface area contributed by atoms with Crippen molar-refractivity contribution in [3.05, 3.63) is 0 Å². The minimum Gasteiger partial charge on any atom is -0.393 e. The topological polar surface area (TPSA) is 23.5 Å². The lowest BCUT2D eigenvalue weighted by atomic mass is 9.77. The molecule has 2 fully saturated rings. The van der Waals surface area contributed by atoms with Crippen LogP contribution in [0.5, 0.6) is 0 Å². The van der Waals surface area contributed by atoms with E-state index in [4.69, 9.17) is 0 Å². The van der Waals surface area contributed by atoms with Crippen LogP contribution in [0.15, 0.2) is 0 Å². The summed E-state index contributed by atoms with van der Waals surface area (Å²) in [5.41, 5.74) is 0. The zero-order valence-electron chi connectivity index (χ0n) is 13.9. The molecule has 1 N–H and O–H groups in total. The Morgan fingerprint density at radius 3 is 2.55 bits per heavy atom. The molecular weight excluding hydrogens is 246 g/mol. The van der Waals surface area contributed by atoms with Gasteiger partial charge in [-0.3, -0.25) is 0 Å². The van der Waals surface area contributed by atoms with Crippen LogP contribution in [0.1, 0.15) is 71.6 Å². The smallest absolute Gasteiger partial charge is 0.0580 e. The van der Waals surface area contributed by atoms with Gasteiger partial charge in [0.05, 0.1) is 6.10 Å². The van der Waals surface area contributed by atoms with Crippen molar-refractivity contribution < 1.29 is 5.11 Å². The van der Waals surface area contributed by atoms with E-state index in [1.165, 1.54) is 51.4 Å². The van der Waals surface area contributed by atoms with Gasteiger partial charge in [0.1, 0.15) is 0 Å². The third kappa shape index (κ3) is 4.21. The molecule has 2 saturated carbocycles. The lowest BCUT2D eigenvalue weighted by Crippen LogP contribution is -2.45. The van der Waals surface area contributed by atoms with E-state index < -0.39 is 0 Å². The Bertz CT molecular complexity index is 281. The van der Waals surface area contributed by atoms with E-state index in [0.29, 0.717) is 5.92 Å². The van der Waals surface area contributed by atoms with Crippen molar-refractivity contribution in [2.24, 2.45) is 17.8 Å². The van der Waals surface area contributed by atoms with Crippen molar-refractivity contribution >= 4 is 0 Å². The third-order valence-corrected chi connectivity index (χ3v) is 5.90. The maximum atomic E-state index is 10.3. The molecule has 2 heteroatoms. The fraction of sp³-hybridized carbons (Fsp3) is 1.00. The van der Waals surface area contributed by atoms with E-state index in [2.05, 4.69) is 25.8 Å². The highest BCUT2D eigenvalue weighted by Gasteiger charge is 2.32. The first-order chi connectivity index (χ1) is 9.61. The third-order valence-electron chi connectivity index (χ3n) is 5.90. The van der Waals surface area contributed by atoms with Gasteiger partial charge in [-0.15, -0.1) is 0 Å². The van der Waals surface area contributed by atoms with E-state index in [1.807, 2.05) is 0 Å². The number of aliphatic hydroxyl groups is 1. The molecule has 20 heavy (non-hydrogen) atoms. The van der Waals surface area contributed by atoms with Crippen LogP contribution in [0.4, 0.5) is 0 Å². The van der Waals surface area contributed by atoms with E-state index in [-0.39, 0.29) is 6.10 Å². The Kier molecular flexibility index (Phi) is 6.35. The van der Waals surface area contributed by atoms with Gasteiger partial charge in [0, 0.05) is 12.6 Å². The Morgan fingerprint density at radius 2 is 1.85 bits per heavy atom. The number of nitrogens with zero attached hydrogens (tertiary/aromatic N) is 1. The van der Waals surface area contributed by atoms with Crippen molar-refractivity contribution in [2.45, 2.75) is 83.8 Å². The normalized spacial score (nSPS) is 39.1. The number of rotatable bonds is 5. The zero-order valence-corrected chi connectivity index (χ0v) is 13.9.